The van der Waals surface area contributed by atoms with Crippen molar-refractivity contribution in [3.05, 3.63) is 60.2 Å². The van der Waals surface area contributed by atoms with Gasteiger partial charge in [-0.05, 0) is 12.1 Å². The van der Waals surface area contributed by atoms with Gasteiger partial charge in [0.25, 0.3) is 0 Å². The number of carbonyl (C=O) groups excluding carboxylic acids is 2. The van der Waals surface area contributed by atoms with Gasteiger partial charge in [-0.15, -0.1) is 0 Å². The first-order valence-corrected chi connectivity index (χ1v) is 7.05. The highest BCUT2D eigenvalue weighted by molar-refractivity contribution is 5.82. The molecule has 2 aromatic heterocycles. The first-order valence-electron chi connectivity index (χ1n) is 7.05. The van der Waals surface area contributed by atoms with Crippen LogP contribution in [0.2, 0.25) is 0 Å². The van der Waals surface area contributed by atoms with Crippen LogP contribution in [0.15, 0.2) is 48.8 Å². The SMILES string of the molecule is O=C(O)C[n+]1ccccc1C(=O)[O-].O=C(O)C[n+]1ccccc1C(=O)[O-]. The van der Waals surface area contributed by atoms with Crippen molar-refractivity contribution in [3.8, 4) is 0 Å². The van der Waals surface area contributed by atoms with Crippen molar-refractivity contribution in [2.24, 2.45) is 0 Å². The Morgan fingerprint density at radius 3 is 1.35 bits per heavy atom. The summed E-state index contributed by atoms with van der Waals surface area (Å²) in [5.41, 5.74) is -0.296. The topological polar surface area (TPSA) is 163 Å². The molecule has 0 unspecified atom stereocenters. The van der Waals surface area contributed by atoms with Crippen molar-refractivity contribution in [2.75, 3.05) is 0 Å². The number of rotatable bonds is 6. The Hall–Kier alpha value is -3.82. The first-order chi connectivity index (χ1) is 12.2. The molecule has 0 aromatic carbocycles. The van der Waals surface area contributed by atoms with Gasteiger partial charge >= 0.3 is 11.9 Å². The number of carboxylic acid groups (broad SMARTS) is 4. The largest absolute Gasteiger partial charge is 0.539 e. The number of aliphatic carboxylic acids is 2. The standard InChI is InChI=1S/2C8H7NO4/c2*10-7(11)5-9-4-2-1-3-6(9)8(12)13/h2*1-4H,5H2,(H-,10,11,12,13). The van der Waals surface area contributed by atoms with E-state index in [1.807, 2.05) is 0 Å². The normalized spacial score (nSPS) is 9.54. The Kier molecular flexibility index (Phi) is 7.37. The number of aromatic carboxylic acids is 2. The van der Waals surface area contributed by atoms with E-state index in [4.69, 9.17) is 10.2 Å². The van der Waals surface area contributed by atoms with E-state index in [0.717, 1.165) is 9.13 Å². The van der Waals surface area contributed by atoms with Crippen molar-refractivity contribution >= 4 is 23.9 Å². The third-order valence-electron chi connectivity index (χ3n) is 2.91. The van der Waals surface area contributed by atoms with Crippen molar-refractivity contribution in [3.63, 3.8) is 0 Å². The second-order valence-corrected chi connectivity index (χ2v) is 4.79. The van der Waals surface area contributed by atoms with E-state index < -0.39 is 23.9 Å². The summed E-state index contributed by atoms with van der Waals surface area (Å²) in [6.07, 6.45) is 2.75. The zero-order chi connectivity index (χ0) is 19.7. The molecular weight excluding hydrogens is 348 g/mol. The molecule has 0 aliphatic carbocycles. The zero-order valence-corrected chi connectivity index (χ0v) is 13.3. The molecule has 26 heavy (non-hydrogen) atoms. The van der Waals surface area contributed by atoms with Crippen LogP contribution >= 0.6 is 0 Å². The smallest absolute Gasteiger partial charge is 0.370 e. The summed E-state index contributed by atoms with van der Waals surface area (Å²) in [7, 11) is 0. The van der Waals surface area contributed by atoms with E-state index in [2.05, 4.69) is 0 Å². The molecule has 0 bridgehead atoms. The van der Waals surface area contributed by atoms with Crippen LogP contribution < -0.4 is 19.3 Å². The molecule has 0 saturated heterocycles. The van der Waals surface area contributed by atoms with E-state index >= 15 is 0 Å². The minimum absolute atomic E-state index is 0.148. The monoisotopic (exact) mass is 362 g/mol. The van der Waals surface area contributed by atoms with E-state index in [0.29, 0.717) is 0 Å². The maximum absolute atomic E-state index is 10.5. The van der Waals surface area contributed by atoms with E-state index in [1.165, 1.54) is 36.7 Å². The molecule has 2 heterocycles. The molecule has 0 spiro atoms. The lowest BCUT2D eigenvalue weighted by atomic mass is 10.3. The van der Waals surface area contributed by atoms with Crippen molar-refractivity contribution < 1.29 is 48.7 Å². The highest BCUT2D eigenvalue weighted by atomic mass is 16.4. The summed E-state index contributed by atoms with van der Waals surface area (Å²) in [5, 5.41) is 37.8. The summed E-state index contributed by atoms with van der Waals surface area (Å²) < 4.78 is 2.19. The lowest BCUT2D eigenvalue weighted by Crippen LogP contribution is -2.46. The Bertz CT molecular complexity index is 765. The van der Waals surface area contributed by atoms with Gasteiger partial charge < -0.3 is 30.0 Å². The minimum Gasteiger partial charge on any atom is -0.539 e. The molecule has 0 atom stereocenters. The van der Waals surface area contributed by atoms with Crippen LogP contribution in [0.5, 0.6) is 0 Å². The molecule has 10 nitrogen and oxygen atoms in total. The van der Waals surface area contributed by atoms with Gasteiger partial charge in [-0.1, -0.05) is 0 Å². The van der Waals surface area contributed by atoms with Crippen molar-refractivity contribution in [2.45, 2.75) is 13.1 Å². The number of hydrogen-bond donors (Lipinski definition) is 2. The summed E-state index contributed by atoms with van der Waals surface area (Å²) in [6.45, 7) is -0.770. The molecular formula is C16H14N2O8. The Morgan fingerprint density at radius 2 is 1.08 bits per heavy atom. The zero-order valence-electron chi connectivity index (χ0n) is 13.3. The summed E-state index contributed by atoms with van der Waals surface area (Å²) in [5.74, 6) is -4.97. The second-order valence-electron chi connectivity index (χ2n) is 4.79. The fraction of sp³-hybridized carbons (Fsp3) is 0.125. The van der Waals surface area contributed by atoms with Gasteiger partial charge in [0.15, 0.2) is 12.4 Å². The Labute approximate surface area is 146 Å². The quantitative estimate of drug-likeness (QED) is 0.509. The van der Waals surface area contributed by atoms with Crippen LogP contribution in [0.3, 0.4) is 0 Å². The van der Waals surface area contributed by atoms with Gasteiger partial charge in [-0.2, -0.15) is 9.13 Å². The average molecular weight is 362 g/mol. The summed E-state index contributed by atoms with van der Waals surface area (Å²) in [6, 6.07) is 8.69. The number of aromatic nitrogens is 2. The Balaban J connectivity index is 0.000000260. The van der Waals surface area contributed by atoms with Gasteiger partial charge in [0.2, 0.25) is 24.5 Å². The van der Waals surface area contributed by atoms with Gasteiger partial charge in [-0.25, -0.2) is 9.59 Å². The number of carbonyl (C=O) groups is 4. The van der Waals surface area contributed by atoms with Gasteiger partial charge in [0.05, 0.1) is 0 Å². The molecule has 0 amide bonds. The van der Waals surface area contributed by atoms with Crippen LogP contribution in [0.25, 0.3) is 0 Å². The molecule has 0 fully saturated rings. The second kappa shape index (κ2) is 9.47. The van der Waals surface area contributed by atoms with Gasteiger partial charge in [-0.3, -0.25) is 0 Å². The molecule has 2 rings (SSSR count). The highest BCUT2D eigenvalue weighted by Gasteiger charge is 2.14. The summed E-state index contributed by atoms with van der Waals surface area (Å²) in [4.78, 5) is 41.6. The number of nitrogens with zero attached hydrogens (tertiary/aromatic N) is 2. The Morgan fingerprint density at radius 1 is 0.731 bits per heavy atom. The van der Waals surface area contributed by atoms with E-state index in [1.54, 1.807) is 12.1 Å². The highest BCUT2D eigenvalue weighted by Crippen LogP contribution is 1.89. The fourth-order valence-electron chi connectivity index (χ4n) is 1.89. The van der Waals surface area contributed by atoms with Crippen LogP contribution in [-0.4, -0.2) is 34.1 Å². The van der Waals surface area contributed by atoms with E-state index in [-0.39, 0.29) is 24.5 Å². The molecule has 10 heteroatoms. The third kappa shape index (κ3) is 6.35. The maximum atomic E-state index is 10.5. The molecule has 0 saturated carbocycles. The average Bonchev–Trinajstić information content (AvgIpc) is 2.55. The summed E-state index contributed by atoms with van der Waals surface area (Å²) >= 11 is 0. The number of carboxylic acids is 4. The third-order valence-corrected chi connectivity index (χ3v) is 2.91. The van der Waals surface area contributed by atoms with Crippen LogP contribution in [0.4, 0.5) is 0 Å². The van der Waals surface area contributed by atoms with E-state index in [9.17, 15) is 29.4 Å². The first kappa shape index (κ1) is 20.2. The van der Waals surface area contributed by atoms with Crippen LogP contribution in [-0.2, 0) is 22.7 Å². The number of pyridine rings is 2. The molecule has 0 radical (unpaired) electrons. The van der Waals surface area contributed by atoms with Gasteiger partial charge in [0, 0.05) is 24.3 Å². The predicted octanol–water partition coefficient (Wildman–Crippen LogP) is -3.16. The fourth-order valence-corrected chi connectivity index (χ4v) is 1.89. The van der Waals surface area contributed by atoms with Crippen LogP contribution in [0, 0.1) is 0 Å². The predicted molar refractivity (Wildman–Crippen MR) is 77.2 cm³/mol. The molecule has 136 valence electrons. The van der Waals surface area contributed by atoms with Crippen LogP contribution in [0.1, 0.15) is 21.0 Å². The van der Waals surface area contributed by atoms with Crippen molar-refractivity contribution in [1.29, 1.82) is 0 Å². The molecule has 2 N–H and O–H groups in total. The van der Waals surface area contributed by atoms with Gasteiger partial charge in [0.1, 0.15) is 11.9 Å². The lowest BCUT2D eigenvalue weighted by molar-refractivity contribution is -0.690. The number of hydrogen-bond acceptors (Lipinski definition) is 6. The molecule has 2 aromatic rings. The minimum atomic E-state index is -1.39. The molecule has 0 aliphatic heterocycles. The molecule has 0 aliphatic rings. The maximum Gasteiger partial charge on any atom is 0.370 e. The lowest BCUT2D eigenvalue weighted by Gasteiger charge is -2.00. The van der Waals surface area contributed by atoms with Crippen molar-refractivity contribution in [1.82, 2.24) is 0 Å².